The highest BCUT2D eigenvalue weighted by Gasteiger charge is 2.30. The molecule has 0 aliphatic carbocycles. The predicted octanol–water partition coefficient (Wildman–Crippen LogP) is 2.19. The van der Waals surface area contributed by atoms with Gasteiger partial charge in [0.25, 0.3) is 0 Å². The summed E-state index contributed by atoms with van der Waals surface area (Å²) in [7, 11) is 1.37. The van der Waals surface area contributed by atoms with Crippen molar-refractivity contribution in [3.63, 3.8) is 0 Å². The Morgan fingerprint density at radius 2 is 2.14 bits per heavy atom. The molecule has 0 fully saturated rings. The van der Waals surface area contributed by atoms with E-state index in [2.05, 4.69) is 4.98 Å². The minimum atomic E-state index is -0.688. The van der Waals surface area contributed by atoms with Crippen molar-refractivity contribution in [2.45, 2.75) is 19.3 Å². The normalized spacial score (nSPS) is 11.1. The third kappa shape index (κ3) is 2.04. The van der Waals surface area contributed by atoms with E-state index in [0.29, 0.717) is 5.15 Å². The van der Waals surface area contributed by atoms with Gasteiger partial charge in [0.2, 0.25) is 0 Å². The number of pyridine rings is 1. The van der Waals surface area contributed by atoms with Gasteiger partial charge in [0, 0.05) is 6.20 Å². The Morgan fingerprint density at radius 1 is 1.50 bits per heavy atom. The Morgan fingerprint density at radius 3 is 2.57 bits per heavy atom. The van der Waals surface area contributed by atoms with E-state index in [0.717, 1.165) is 5.56 Å². The third-order valence-corrected chi connectivity index (χ3v) is 2.37. The molecule has 0 N–H and O–H groups in total. The number of methoxy groups -OCH3 is 1. The van der Waals surface area contributed by atoms with Gasteiger partial charge in [-0.2, -0.15) is 0 Å². The smallest absolute Gasteiger partial charge is 0.315 e. The molecular formula is C10H12ClNO2. The standard InChI is InChI=1S/C10H12ClNO2/c1-10(2,9(13)14-3)7-4-5-8(11)12-6-7/h4-6H,1-3H3. The van der Waals surface area contributed by atoms with E-state index >= 15 is 0 Å². The first-order valence-electron chi connectivity index (χ1n) is 4.19. The zero-order valence-corrected chi connectivity index (χ0v) is 9.13. The van der Waals surface area contributed by atoms with Crippen molar-refractivity contribution in [1.82, 2.24) is 4.98 Å². The van der Waals surface area contributed by atoms with Crippen LogP contribution in [0.3, 0.4) is 0 Å². The van der Waals surface area contributed by atoms with Crippen LogP contribution >= 0.6 is 11.6 Å². The topological polar surface area (TPSA) is 39.2 Å². The largest absolute Gasteiger partial charge is 0.468 e. The van der Waals surface area contributed by atoms with Gasteiger partial charge in [0.05, 0.1) is 12.5 Å². The maximum atomic E-state index is 11.4. The SMILES string of the molecule is COC(=O)C(C)(C)c1ccc(Cl)nc1. The lowest BCUT2D eigenvalue weighted by Gasteiger charge is -2.21. The molecule has 76 valence electrons. The molecule has 0 saturated carbocycles. The first kappa shape index (κ1) is 11.0. The van der Waals surface area contributed by atoms with Gasteiger partial charge < -0.3 is 4.74 Å². The number of rotatable bonds is 2. The van der Waals surface area contributed by atoms with Crippen LogP contribution in [0.1, 0.15) is 19.4 Å². The fraction of sp³-hybridized carbons (Fsp3) is 0.400. The van der Waals surface area contributed by atoms with Gasteiger partial charge in [-0.25, -0.2) is 4.98 Å². The summed E-state index contributed by atoms with van der Waals surface area (Å²) in [6.45, 7) is 3.56. The van der Waals surface area contributed by atoms with Crippen LogP contribution in [0.15, 0.2) is 18.3 Å². The van der Waals surface area contributed by atoms with Gasteiger partial charge in [-0.1, -0.05) is 17.7 Å². The van der Waals surface area contributed by atoms with Crippen LogP contribution in [0.5, 0.6) is 0 Å². The van der Waals surface area contributed by atoms with Crippen molar-refractivity contribution >= 4 is 17.6 Å². The summed E-state index contributed by atoms with van der Waals surface area (Å²) in [5.74, 6) is -0.290. The van der Waals surface area contributed by atoms with Gasteiger partial charge in [-0.05, 0) is 25.5 Å². The molecule has 4 heteroatoms. The zero-order valence-electron chi connectivity index (χ0n) is 8.37. The summed E-state index contributed by atoms with van der Waals surface area (Å²) in [6, 6.07) is 3.42. The van der Waals surface area contributed by atoms with E-state index < -0.39 is 5.41 Å². The maximum Gasteiger partial charge on any atom is 0.315 e. The quantitative estimate of drug-likeness (QED) is 0.559. The third-order valence-electron chi connectivity index (χ3n) is 2.14. The van der Waals surface area contributed by atoms with Gasteiger partial charge in [0.15, 0.2) is 0 Å². The molecule has 0 radical (unpaired) electrons. The fourth-order valence-electron chi connectivity index (χ4n) is 1.12. The summed E-state index contributed by atoms with van der Waals surface area (Å²) >= 11 is 5.65. The first-order valence-corrected chi connectivity index (χ1v) is 4.56. The molecule has 1 rings (SSSR count). The van der Waals surface area contributed by atoms with Crippen LogP contribution in [0, 0.1) is 0 Å². The number of hydrogen-bond acceptors (Lipinski definition) is 3. The van der Waals surface area contributed by atoms with E-state index in [1.54, 1.807) is 32.2 Å². The number of ether oxygens (including phenoxy) is 1. The Balaban J connectivity index is 3.03. The Hall–Kier alpha value is -1.09. The monoisotopic (exact) mass is 213 g/mol. The number of hydrogen-bond donors (Lipinski definition) is 0. The highest BCUT2D eigenvalue weighted by Crippen LogP contribution is 2.24. The molecule has 0 bridgehead atoms. The lowest BCUT2D eigenvalue weighted by molar-refractivity contribution is -0.146. The number of carbonyl (C=O) groups is 1. The highest BCUT2D eigenvalue weighted by molar-refractivity contribution is 6.29. The van der Waals surface area contributed by atoms with Crippen LogP contribution in [-0.2, 0) is 14.9 Å². The number of halogens is 1. The van der Waals surface area contributed by atoms with E-state index in [1.807, 2.05) is 0 Å². The lowest BCUT2D eigenvalue weighted by Crippen LogP contribution is -2.30. The molecule has 0 amide bonds. The second kappa shape index (κ2) is 3.96. The Kier molecular flexibility index (Phi) is 3.11. The van der Waals surface area contributed by atoms with Crippen LogP contribution in [0.25, 0.3) is 0 Å². The van der Waals surface area contributed by atoms with Crippen molar-refractivity contribution in [2.75, 3.05) is 7.11 Å². The molecule has 0 unspecified atom stereocenters. The van der Waals surface area contributed by atoms with Crippen molar-refractivity contribution < 1.29 is 9.53 Å². The first-order chi connectivity index (χ1) is 6.48. The second-order valence-corrected chi connectivity index (χ2v) is 3.87. The van der Waals surface area contributed by atoms with Crippen molar-refractivity contribution in [1.29, 1.82) is 0 Å². The van der Waals surface area contributed by atoms with Crippen LogP contribution in [-0.4, -0.2) is 18.1 Å². The minimum Gasteiger partial charge on any atom is -0.468 e. The molecular weight excluding hydrogens is 202 g/mol. The maximum absolute atomic E-state index is 11.4. The van der Waals surface area contributed by atoms with E-state index in [4.69, 9.17) is 16.3 Å². The molecule has 1 aromatic rings. The molecule has 14 heavy (non-hydrogen) atoms. The highest BCUT2D eigenvalue weighted by atomic mass is 35.5. The average Bonchev–Trinajstić information content (AvgIpc) is 2.17. The lowest BCUT2D eigenvalue weighted by atomic mass is 9.86. The molecule has 3 nitrogen and oxygen atoms in total. The Labute approximate surface area is 88.1 Å². The molecule has 0 aliphatic heterocycles. The predicted molar refractivity (Wildman–Crippen MR) is 54.3 cm³/mol. The van der Waals surface area contributed by atoms with E-state index in [-0.39, 0.29) is 5.97 Å². The number of esters is 1. The average molecular weight is 214 g/mol. The second-order valence-electron chi connectivity index (χ2n) is 3.49. The van der Waals surface area contributed by atoms with E-state index in [9.17, 15) is 4.79 Å². The van der Waals surface area contributed by atoms with Gasteiger partial charge in [-0.3, -0.25) is 4.79 Å². The number of carbonyl (C=O) groups excluding carboxylic acids is 1. The zero-order chi connectivity index (χ0) is 10.8. The van der Waals surface area contributed by atoms with Gasteiger partial charge in [0.1, 0.15) is 5.15 Å². The fourth-order valence-corrected chi connectivity index (χ4v) is 1.23. The van der Waals surface area contributed by atoms with Crippen LogP contribution < -0.4 is 0 Å². The summed E-state index contributed by atoms with van der Waals surface area (Å²) < 4.78 is 4.70. The molecule has 1 aromatic heterocycles. The summed E-state index contributed by atoms with van der Waals surface area (Å²) in [5, 5.41) is 0.411. The van der Waals surface area contributed by atoms with Crippen molar-refractivity contribution in [3.8, 4) is 0 Å². The molecule has 1 heterocycles. The van der Waals surface area contributed by atoms with Crippen LogP contribution in [0.4, 0.5) is 0 Å². The molecule has 0 atom stereocenters. The van der Waals surface area contributed by atoms with Crippen molar-refractivity contribution in [3.05, 3.63) is 29.0 Å². The summed E-state index contributed by atoms with van der Waals surface area (Å²) in [5.41, 5.74) is 0.0977. The minimum absolute atomic E-state index is 0.290. The molecule has 0 spiro atoms. The molecule has 0 saturated heterocycles. The van der Waals surface area contributed by atoms with Gasteiger partial charge >= 0.3 is 5.97 Å². The number of nitrogens with zero attached hydrogens (tertiary/aromatic N) is 1. The number of aromatic nitrogens is 1. The molecule has 0 aliphatic rings. The van der Waals surface area contributed by atoms with Gasteiger partial charge in [-0.15, -0.1) is 0 Å². The van der Waals surface area contributed by atoms with Crippen LogP contribution in [0.2, 0.25) is 5.15 Å². The molecule has 0 aromatic carbocycles. The Bertz CT molecular complexity index is 332. The summed E-state index contributed by atoms with van der Waals surface area (Å²) in [4.78, 5) is 15.4. The van der Waals surface area contributed by atoms with Crippen molar-refractivity contribution in [2.24, 2.45) is 0 Å². The summed E-state index contributed by atoms with van der Waals surface area (Å²) in [6.07, 6.45) is 1.58. The van der Waals surface area contributed by atoms with E-state index in [1.165, 1.54) is 7.11 Å².